The van der Waals surface area contributed by atoms with Gasteiger partial charge in [0, 0.05) is 12.8 Å². The first-order valence-electron chi connectivity index (χ1n) is 5.60. The number of aliphatic carboxylic acids is 1. The molecule has 0 heterocycles. The largest absolute Gasteiger partial charge is 0.480 e. The molecule has 9 nitrogen and oxygen atoms in total. The van der Waals surface area contributed by atoms with Gasteiger partial charge in [-0.3, -0.25) is 24.5 Å². The molecule has 0 aliphatic heterocycles. The molecule has 0 aromatic carbocycles. The Labute approximate surface area is 133 Å². The van der Waals surface area contributed by atoms with Crippen molar-refractivity contribution in [3.63, 3.8) is 0 Å². The first-order chi connectivity index (χ1) is 8.73. The van der Waals surface area contributed by atoms with Gasteiger partial charge in [0.05, 0.1) is 6.04 Å². The molecule has 0 rings (SSSR count). The number of hydrogen-bond donors (Lipinski definition) is 5. The van der Waals surface area contributed by atoms with Crippen molar-refractivity contribution in [2.45, 2.75) is 37.8 Å². The lowest BCUT2D eigenvalue weighted by Crippen LogP contribution is -2.44. The molecule has 0 saturated heterocycles. The zero-order chi connectivity index (χ0) is 15.0. The minimum atomic E-state index is -1.22. The molecule has 11 heteroatoms. The van der Waals surface area contributed by atoms with E-state index in [1.165, 1.54) is 0 Å². The van der Waals surface area contributed by atoms with Gasteiger partial charge in [0.25, 0.3) is 0 Å². The molecule has 0 fully saturated rings. The molecule has 0 bridgehead atoms. The van der Waals surface area contributed by atoms with E-state index in [0.29, 0.717) is 0 Å². The van der Waals surface area contributed by atoms with Crippen LogP contribution in [0.1, 0.15) is 25.7 Å². The molecule has 0 aromatic heterocycles. The van der Waals surface area contributed by atoms with Gasteiger partial charge in [-0.05, 0) is 12.8 Å². The van der Waals surface area contributed by atoms with E-state index in [1.807, 2.05) is 5.32 Å². The summed E-state index contributed by atoms with van der Waals surface area (Å²) in [7, 11) is 0. The minimum absolute atomic E-state index is 0. The Morgan fingerprint density at radius 2 is 1.43 bits per heavy atom. The molecule has 0 unspecified atom stereocenters. The number of carbonyl (C=O) groups excluding carboxylic acids is 3. The first-order valence-corrected chi connectivity index (χ1v) is 5.60. The molecular formula is C10H20Cl2N4O5. The van der Waals surface area contributed by atoms with Gasteiger partial charge in [0.15, 0.2) is 0 Å². The number of imide groups is 1. The van der Waals surface area contributed by atoms with Gasteiger partial charge in [-0.1, -0.05) is 0 Å². The van der Waals surface area contributed by atoms with Gasteiger partial charge >= 0.3 is 5.97 Å². The number of rotatable bonds is 8. The Kier molecular flexibility index (Phi) is 14.4. The molecule has 0 aliphatic carbocycles. The predicted molar refractivity (Wildman–Crippen MR) is 78.9 cm³/mol. The Morgan fingerprint density at radius 3 is 1.86 bits per heavy atom. The van der Waals surface area contributed by atoms with Crippen molar-refractivity contribution in [1.82, 2.24) is 5.32 Å². The molecule has 0 radical (unpaired) electrons. The summed E-state index contributed by atoms with van der Waals surface area (Å²) >= 11 is 0. The summed E-state index contributed by atoms with van der Waals surface area (Å²) in [5.41, 5.74) is 15.5. The fourth-order valence-electron chi connectivity index (χ4n) is 1.13. The molecule has 124 valence electrons. The number of primary amides is 1. The number of carbonyl (C=O) groups is 4. The van der Waals surface area contributed by atoms with Crippen molar-refractivity contribution in [2.75, 3.05) is 0 Å². The van der Waals surface area contributed by atoms with Crippen LogP contribution < -0.4 is 22.5 Å². The topological polar surface area (TPSA) is 179 Å². The summed E-state index contributed by atoms with van der Waals surface area (Å²) < 4.78 is 0. The Balaban J connectivity index is -0.00000162. The van der Waals surface area contributed by atoms with E-state index in [4.69, 9.17) is 22.3 Å². The number of nitrogens with two attached hydrogens (primary N) is 3. The fraction of sp³-hybridized carbons (Fsp3) is 0.600. The average Bonchev–Trinajstić information content (AvgIpc) is 2.32. The van der Waals surface area contributed by atoms with Crippen molar-refractivity contribution in [1.29, 1.82) is 0 Å². The highest BCUT2D eigenvalue weighted by Gasteiger charge is 2.18. The third-order valence-electron chi connectivity index (χ3n) is 2.30. The van der Waals surface area contributed by atoms with Crippen molar-refractivity contribution < 1.29 is 24.3 Å². The monoisotopic (exact) mass is 346 g/mol. The number of carboxylic acid groups (broad SMARTS) is 1. The number of amides is 3. The number of nitrogens with one attached hydrogen (secondary N) is 1. The van der Waals surface area contributed by atoms with Crippen LogP contribution in [-0.2, 0) is 19.2 Å². The SMILES string of the molecule is Cl.Cl.NC(=O)CC[C@H](N)C(=O)NC(=O)CC[C@H](N)C(=O)O. The lowest BCUT2D eigenvalue weighted by Gasteiger charge is -2.11. The molecule has 2 atom stereocenters. The van der Waals surface area contributed by atoms with Crippen LogP contribution in [0.15, 0.2) is 0 Å². The summed E-state index contributed by atoms with van der Waals surface area (Å²) in [6.45, 7) is 0. The molecule has 0 aliphatic rings. The van der Waals surface area contributed by atoms with Gasteiger partial charge in [0.1, 0.15) is 6.04 Å². The summed E-state index contributed by atoms with van der Waals surface area (Å²) in [6.07, 6.45) is -0.331. The highest BCUT2D eigenvalue weighted by atomic mass is 35.5. The second-order valence-electron chi connectivity index (χ2n) is 4.01. The normalized spacial score (nSPS) is 12.1. The highest BCUT2D eigenvalue weighted by molar-refractivity contribution is 5.97. The van der Waals surface area contributed by atoms with Crippen LogP contribution in [0.4, 0.5) is 0 Å². The molecule has 3 amide bonds. The summed E-state index contributed by atoms with van der Waals surface area (Å²) in [5.74, 6) is -3.23. The van der Waals surface area contributed by atoms with E-state index < -0.39 is 35.8 Å². The van der Waals surface area contributed by atoms with E-state index in [0.717, 1.165) is 0 Å². The van der Waals surface area contributed by atoms with Crippen molar-refractivity contribution in [2.24, 2.45) is 17.2 Å². The predicted octanol–water partition coefficient (Wildman–Crippen LogP) is -1.74. The van der Waals surface area contributed by atoms with Crippen LogP contribution >= 0.6 is 24.8 Å². The van der Waals surface area contributed by atoms with Gasteiger partial charge in [-0.25, -0.2) is 0 Å². The Hall–Kier alpha value is -1.42. The summed E-state index contributed by atoms with van der Waals surface area (Å²) in [6, 6.07) is -2.19. The van der Waals surface area contributed by atoms with Crippen molar-refractivity contribution in [3.8, 4) is 0 Å². The molecule has 0 saturated carbocycles. The van der Waals surface area contributed by atoms with E-state index >= 15 is 0 Å². The second-order valence-corrected chi connectivity index (χ2v) is 4.01. The number of halogens is 2. The fourth-order valence-corrected chi connectivity index (χ4v) is 1.13. The van der Waals surface area contributed by atoms with Gasteiger partial charge in [-0.15, -0.1) is 24.8 Å². The maximum Gasteiger partial charge on any atom is 0.320 e. The van der Waals surface area contributed by atoms with Crippen LogP contribution in [0, 0.1) is 0 Å². The third-order valence-corrected chi connectivity index (χ3v) is 2.30. The highest BCUT2D eigenvalue weighted by Crippen LogP contribution is 1.97. The number of hydrogen-bond acceptors (Lipinski definition) is 6. The molecule has 8 N–H and O–H groups in total. The van der Waals surface area contributed by atoms with E-state index in [1.54, 1.807) is 0 Å². The molecule has 0 aromatic rings. The maximum absolute atomic E-state index is 11.4. The smallest absolute Gasteiger partial charge is 0.320 e. The van der Waals surface area contributed by atoms with Crippen LogP contribution in [0.5, 0.6) is 0 Å². The van der Waals surface area contributed by atoms with Gasteiger partial charge < -0.3 is 22.3 Å². The first kappa shape index (κ1) is 24.6. The van der Waals surface area contributed by atoms with E-state index in [9.17, 15) is 19.2 Å². The van der Waals surface area contributed by atoms with Crippen molar-refractivity contribution in [3.05, 3.63) is 0 Å². The lowest BCUT2D eigenvalue weighted by molar-refractivity contribution is -0.138. The standard InChI is InChI=1S/C10H18N4O5.2ClH/c11-5(1-3-7(13)15)9(17)14-8(16)4-2-6(12)10(18)19;;/h5-6H,1-4,11-12H2,(H2,13,15)(H,18,19)(H,14,16,17);2*1H/t5-,6-;;/m0../s1. The Bertz CT molecular complexity index is 380. The van der Waals surface area contributed by atoms with Crippen molar-refractivity contribution >= 4 is 48.5 Å². The second kappa shape index (κ2) is 12.3. The number of carboxylic acids is 1. The minimum Gasteiger partial charge on any atom is -0.480 e. The van der Waals surface area contributed by atoms with Crippen LogP contribution in [-0.4, -0.2) is 40.9 Å². The van der Waals surface area contributed by atoms with E-state index in [-0.39, 0.29) is 50.5 Å². The maximum atomic E-state index is 11.4. The Morgan fingerprint density at radius 1 is 0.952 bits per heavy atom. The van der Waals surface area contributed by atoms with Gasteiger partial charge in [-0.2, -0.15) is 0 Å². The van der Waals surface area contributed by atoms with Gasteiger partial charge in [0.2, 0.25) is 17.7 Å². The summed E-state index contributed by atoms with van der Waals surface area (Å²) in [4.78, 5) is 43.6. The average molecular weight is 347 g/mol. The van der Waals surface area contributed by atoms with E-state index in [2.05, 4.69) is 0 Å². The zero-order valence-electron chi connectivity index (χ0n) is 11.1. The molecular weight excluding hydrogens is 327 g/mol. The molecule has 0 spiro atoms. The zero-order valence-corrected chi connectivity index (χ0v) is 12.7. The summed E-state index contributed by atoms with van der Waals surface area (Å²) in [5, 5.41) is 10.5. The van der Waals surface area contributed by atoms with Crippen LogP contribution in [0.25, 0.3) is 0 Å². The lowest BCUT2D eigenvalue weighted by atomic mass is 10.1. The van der Waals surface area contributed by atoms with Crippen LogP contribution in [0.2, 0.25) is 0 Å². The third kappa shape index (κ3) is 12.1. The quantitative estimate of drug-likeness (QED) is 0.345. The van der Waals surface area contributed by atoms with Crippen LogP contribution in [0.3, 0.4) is 0 Å². The molecule has 21 heavy (non-hydrogen) atoms.